The molecule has 3 unspecified atom stereocenters. The van der Waals surface area contributed by atoms with Gasteiger partial charge in [-0.2, -0.15) is 0 Å². The molecule has 0 radical (unpaired) electrons. The molecule has 0 amide bonds. The van der Waals surface area contributed by atoms with Crippen LogP contribution < -0.4 is 0 Å². The molecule has 2 heteroatoms. The molecule has 0 aliphatic heterocycles. The minimum absolute atomic E-state index is 0.0313. The largest absolute Gasteiger partial charge is 0.393 e. The summed E-state index contributed by atoms with van der Waals surface area (Å²) in [5.74, 6) is 1.56. The Hall–Kier alpha value is -0.0800. The lowest BCUT2D eigenvalue weighted by Crippen LogP contribution is -2.35. The lowest BCUT2D eigenvalue weighted by atomic mass is 9.70. The zero-order valence-corrected chi connectivity index (χ0v) is 15.4. The Labute approximate surface area is 136 Å². The van der Waals surface area contributed by atoms with Gasteiger partial charge in [-0.05, 0) is 72.0 Å². The molecular formula is C20H36O2. The molecule has 0 aromatic carbocycles. The lowest BCUT2D eigenvalue weighted by Gasteiger charge is -2.36. The van der Waals surface area contributed by atoms with Crippen molar-refractivity contribution in [3.8, 4) is 0 Å². The fraction of sp³-hybridized carbons (Fsp3) is 1.00. The molecule has 0 saturated heterocycles. The van der Waals surface area contributed by atoms with Crippen LogP contribution in [0.25, 0.3) is 0 Å². The maximum atomic E-state index is 9.81. The highest BCUT2D eigenvalue weighted by atomic mass is 16.3. The van der Waals surface area contributed by atoms with Gasteiger partial charge in [-0.15, -0.1) is 0 Å². The van der Waals surface area contributed by atoms with Crippen LogP contribution in [0.3, 0.4) is 0 Å². The molecule has 22 heavy (non-hydrogen) atoms. The van der Waals surface area contributed by atoms with E-state index in [2.05, 4.69) is 41.5 Å². The molecule has 0 heterocycles. The first-order valence-electron chi connectivity index (χ1n) is 9.33. The molecule has 4 rings (SSSR count). The molecule has 4 saturated carbocycles. The van der Waals surface area contributed by atoms with E-state index in [0.29, 0.717) is 10.8 Å². The molecule has 6 atom stereocenters. The topological polar surface area (TPSA) is 40.5 Å². The van der Waals surface area contributed by atoms with E-state index >= 15 is 0 Å². The minimum Gasteiger partial charge on any atom is -0.393 e. The van der Waals surface area contributed by atoms with Crippen molar-refractivity contribution in [3.63, 3.8) is 0 Å². The van der Waals surface area contributed by atoms with Crippen molar-refractivity contribution in [2.24, 2.45) is 33.5 Å². The molecule has 4 aliphatic carbocycles. The van der Waals surface area contributed by atoms with E-state index in [9.17, 15) is 10.2 Å². The summed E-state index contributed by atoms with van der Waals surface area (Å²) in [6.07, 6.45) is 7.15. The smallest absolute Gasteiger partial charge is 0.0601 e. The van der Waals surface area contributed by atoms with Crippen molar-refractivity contribution in [3.05, 3.63) is 0 Å². The van der Waals surface area contributed by atoms with Crippen LogP contribution in [-0.2, 0) is 0 Å². The summed E-state index contributed by atoms with van der Waals surface area (Å²) >= 11 is 0. The van der Waals surface area contributed by atoms with Gasteiger partial charge in [0.1, 0.15) is 0 Å². The molecule has 0 aromatic heterocycles. The van der Waals surface area contributed by atoms with Gasteiger partial charge < -0.3 is 10.2 Å². The maximum Gasteiger partial charge on any atom is 0.0601 e. The van der Waals surface area contributed by atoms with Crippen LogP contribution in [0.2, 0.25) is 0 Å². The Morgan fingerprint density at radius 3 is 1.05 bits per heavy atom. The standard InChI is InChI=1S/2C10H18O/c2*1-9(2)7-4-5-10(9,3)8(11)6-7/h2*7-8,11H,4-6H2,1-3H3/t7-,8+,10+;/m1./s1. The molecule has 4 bridgehead atoms. The summed E-state index contributed by atoms with van der Waals surface area (Å²) in [6.45, 7) is 13.8. The Morgan fingerprint density at radius 2 is 0.955 bits per heavy atom. The predicted octanol–water partition coefficient (Wildman–Crippen LogP) is 4.39. The van der Waals surface area contributed by atoms with Gasteiger partial charge in [-0.1, -0.05) is 41.5 Å². The summed E-state index contributed by atoms with van der Waals surface area (Å²) in [5, 5.41) is 19.6. The van der Waals surface area contributed by atoms with Crippen molar-refractivity contribution in [2.45, 2.75) is 92.3 Å². The van der Waals surface area contributed by atoms with Crippen LogP contribution in [0.15, 0.2) is 0 Å². The van der Waals surface area contributed by atoms with E-state index < -0.39 is 0 Å². The first-order chi connectivity index (χ1) is 9.97. The zero-order chi connectivity index (χ0) is 16.6. The number of fused-ring (bicyclic) bond motifs is 4. The van der Waals surface area contributed by atoms with Gasteiger partial charge in [-0.3, -0.25) is 0 Å². The molecule has 4 aliphatic rings. The number of aliphatic hydroxyl groups excluding tert-OH is 2. The summed E-state index contributed by atoms with van der Waals surface area (Å²) in [4.78, 5) is 0. The third-order valence-corrected chi connectivity index (χ3v) is 9.50. The molecule has 0 aromatic rings. The van der Waals surface area contributed by atoms with Gasteiger partial charge in [0.15, 0.2) is 0 Å². The lowest BCUT2D eigenvalue weighted by molar-refractivity contribution is 0.0125. The predicted molar refractivity (Wildman–Crippen MR) is 90.5 cm³/mol. The Balaban J connectivity index is 0.000000131. The number of hydrogen-bond acceptors (Lipinski definition) is 2. The summed E-state index contributed by atoms with van der Waals surface area (Å²) in [6, 6.07) is 0. The van der Waals surface area contributed by atoms with Crippen molar-refractivity contribution in [1.29, 1.82) is 0 Å². The Morgan fingerprint density at radius 1 is 0.636 bits per heavy atom. The number of hydrogen-bond donors (Lipinski definition) is 2. The van der Waals surface area contributed by atoms with E-state index in [1.807, 2.05) is 0 Å². The average molecular weight is 309 g/mol. The van der Waals surface area contributed by atoms with Crippen molar-refractivity contribution in [1.82, 2.24) is 0 Å². The number of aliphatic hydroxyl groups is 2. The third-order valence-electron chi connectivity index (χ3n) is 9.50. The van der Waals surface area contributed by atoms with Gasteiger partial charge in [0.2, 0.25) is 0 Å². The monoisotopic (exact) mass is 308 g/mol. The summed E-state index contributed by atoms with van der Waals surface area (Å²) < 4.78 is 0. The number of rotatable bonds is 0. The van der Waals surface area contributed by atoms with Crippen molar-refractivity contribution in [2.75, 3.05) is 0 Å². The maximum absolute atomic E-state index is 9.81. The van der Waals surface area contributed by atoms with E-state index in [4.69, 9.17) is 0 Å². The molecular weight excluding hydrogens is 272 g/mol. The molecule has 128 valence electrons. The molecule has 2 N–H and O–H groups in total. The quantitative estimate of drug-likeness (QED) is 0.697. The highest BCUT2D eigenvalue weighted by Crippen LogP contribution is 2.66. The van der Waals surface area contributed by atoms with Crippen LogP contribution in [0.5, 0.6) is 0 Å². The molecule has 0 spiro atoms. The highest BCUT2D eigenvalue weighted by molar-refractivity contribution is 5.11. The third kappa shape index (κ3) is 1.86. The van der Waals surface area contributed by atoms with Crippen LogP contribution in [0, 0.1) is 33.5 Å². The summed E-state index contributed by atoms with van der Waals surface area (Å²) in [5.41, 5.74) is 1.20. The van der Waals surface area contributed by atoms with Gasteiger partial charge in [0.05, 0.1) is 12.2 Å². The second-order valence-electron chi connectivity index (χ2n) is 10.3. The average Bonchev–Trinajstić information content (AvgIpc) is 2.91. The molecule has 2 nitrogen and oxygen atoms in total. The van der Waals surface area contributed by atoms with Crippen LogP contribution >= 0.6 is 0 Å². The first-order valence-corrected chi connectivity index (χ1v) is 9.33. The fourth-order valence-electron chi connectivity index (χ4n) is 6.32. The highest BCUT2D eigenvalue weighted by Gasteiger charge is 2.61. The van der Waals surface area contributed by atoms with Crippen LogP contribution in [0.1, 0.15) is 80.1 Å². The Bertz CT molecular complexity index is 413. The fourth-order valence-corrected chi connectivity index (χ4v) is 6.32. The van der Waals surface area contributed by atoms with Gasteiger partial charge in [0, 0.05) is 0 Å². The van der Waals surface area contributed by atoms with Gasteiger partial charge in [0.25, 0.3) is 0 Å². The van der Waals surface area contributed by atoms with E-state index in [-0.39, 0.29) is 23.0 Å². The first kappa shape index (κ1) is 16.8. The van der Waals surface area contributed by atoms with E-state index in [0.717, 1.165) is 24.7 Å². The van der Waals surface area contributed by atoms with Gasteiger partial charge >= 0.3 is 0 Å². The zero-order valence-electron chi connectivity index (χ0n) is 15.4. The van der Waals surface area contributed by atoms with Crippen molar-refractivity contribution >= 4 is 0 Å². The van der Waals surface area contributed by atoms with E-state index in [1.165, 1.54) is 25.7 Å². The van der Waals surface area contributed by atoms with Crippen LogP contribution in [-0.4, -0.2) is 22.4 Å². The molecule has 4 fully saturated rings. The van der Waals surface area contributed by atoms with Crippen LogP contribution in [0.4, 0.5) is 0 Å². The second kappa shape index (κ2) is 4.72. The van der Waals surface area contributed by atoms with E-state index in [1.54, 1.807) is 0 Å². The second-order valence-corrected chi connectivity index (χ2v) is 10.3. The SMILES string of the molecule is CC1(C)C2CCC1(C)C(O)C2.CC1(C)[C@@H]2CC[C@@]1(C)[C@@H](O)C2. The Kier molecular flexibility index (Phi) is 3.60. The van der Waals surface area contributed by atoms with Gasteiger partial charge in [-0.25, -0.2) is 0 Å². The van der Waals surface area contributed by atoms with Crippen molar-refractivity contribution < 1.29 is 10.2 Å². The normalized spacial score (nSPS) is 53.5. The minimum atomic E-state index is -0.0313. The summed E-state index contributed by atoms with van der Waals surface area (Å²) in [7, 11) is 0.